The molecule has 0 fully saturated rings. The molecule has 1 aromatic carbocycles. The van der Waals surface area contributed by atoms with Gasteiger partial charge in [-0.1, -0.05) is 67.2 Å². The third-order valence-corrected chi connectivity index (χ3v) is 5.65. The highest BCUT2D eigenvalue weighted by molar-refractivity contribution is 8.00. The van der Waals surface area contributed by atoms with E-state index in [1.807, 2.05) is 13.8 Å². The molecular weight excluding hydrogens is 354 g/mol. The van der Waals surface area contributed by atoms with Crippen LogP contribution in [0.2, 0.25) is 0 Å². The van der Waals surface area contributed by atoms with Crippen LogP contribution in [-0.4, -0.2) is 20.3 Å². The maximum atomic E-state index is 5.26. The second-order valence-corrected chi connectivity index (χ2v) is 8.15. The van der Waals surface area contributed by atoms with Crippen molar-refractivity contribution in [1.29, 1.82) is 0 Å². The van der Waals surface area contributed by atoms with Gasteiger partial charge in [0.1, 0.15) is 0 Å². The lowest BCUT2D eigenvalue weighted by Gasteiger charge is -2.11. The van der Waals surface area contributed by atoms with E-state index in [1.54, 1.807) is 11.8 Å². The Morgan fingerprint density at radius 2 is 2.12 bits per heavy atom. The number of aromatic nitrogens is 4. The zero-order valence-electron chi connectivity index (χ0n) is 14.7. The smallest absolute Gasteiger partial charge is 0.237 e. The van der Waals surface area contributed by atoms with Gasteiger partial charge in [-0.05, 0) is 24.5 Å². The maximum Gasteiger partial charge on any atom is 0.237 e. The molecular formula is C17H21N5OS2. The van der Waals surface area contributed by atoms with E-state index >= 15 is 0 Å². The van der Waals surface area contributed by atoms with Crippen molar-refractivity contribution in [2.24, 2.45) is 0 Å². The van der Waals surface area contributed by atoms with E-state index in [9.17, 15) is 0 Å². The van der Waals surface area contributed by atoms with E-state index in [0.717, 1.165) is 27.4 Å². The van der Waals surface area contributed by atoms with Crippen molar-refractivity contribution in [3.05, 3.63) is 41.0 Å². The van der Waals surface area contributed by atoms with Gasteiger partial charge in [-0.2, -0.15) is 4.98 Å². The Bertz CT molecular complexity index is 843. The molecule has 0 aliphatic carbocycles. The molecule has 0 aliphatic heterocycles. The highest BCUT2D eigenvalue weighted by Gasteiger charge is 2.13. The summed E-state index contributed by atoms with van der Waals surface area (Å²) in [7, 11) is 0. The van der Waals surface area contributed by atoms with Crippen molar-refractivity contribution in [2.75, 3.05) is 5.32 Å². The Labute approximate surface area is 155 Å². The van der Waals surface area contributed by atoms with Gasteiger partial charge in [0, 0.05) is 11.6 Å². The summed E-state index contributed by atoms with van der Waals surface area (Å²) >= 11 is 3.08. The minimum atomic E-state index is 0.265. The van der Waals surface area contributed by atoms with Crippen molar-refractivity contribution in [2.45, 2.75) is 50.1 Å². The Morgan fingerprint density at radius 1 is 1.28 bits per heavy atom. The van der Waals surface area contributed by atoms with Crippen molar-refractivity contribution in [3.8, 4) is 0 Å². The molecule has 0 bridgehead atoms. The number of rotatable bonds is 7. The summed E-state index contributed by atoms with van der Waals surface area (Å²) < 4.78 is 6.13. The molecule has 6 nitrogen and oxygen atoms in total. The molecule has 0 radical (unpaired) electrons. The SMILES string of the molecule is CCc1cccc(C)c1Nc1nnc(SCc2nc(C(C)C)no2)s1. The number of nitrogens with zero attached hydrogens (tertiary/aromatic N) is 4. The van der Waals surface area contributed by atoms with Crippen molar-refractivity contribution < 1.29 is 4.52 Å². The van der Waals surface area contributed by atoms with Gasteiger partial charge in [0.2, 0.25) is 11.0 Å². The number of hydrogen-bond donors (Lipinski definition) is 1. The Balaban J connectivity index is 1.64. The summed E-state index contributed by atoms with van der Waals surface area (Å²) in [6, 6.07) is 6.31. The minimum Gasteiger partial charge on any atom is -0.338 e. The highest BCUT2D eigenvalue weighted by atomic mass is 32.2. The molecule has 25 heavy (non-hydrogen) atoms. The van der Waals surface area contributed by atoms with E-state index in [0.29, 0.717) is 11.6 Å². The second kappa shape index (κ2) is 7.97. The van der Waals surface area contributed by atoms with E-state index in [-0.39, 0.29) is 5.92 Å². The quantitative estimate of drug-likeness (QED) is 0.585. The van der Waals surface area contributed by atoms with Crippen LogP contribution in [0.25, 0.3) is 0 Å². The first-order valence-electron chi connectivity index (χ1n) is 8.21. The summed E-state index contributed by atoms with van der Waals surface area (Å²) in [5.41, 5.74) is 3.60. The van der Waals surface area contributed by atoms with E-state index in [2.05, 4.69) is 57.7 Å². The molecule has 3 rings (SSSR count). The summed E-state index contributed by atoms with van der Waals surface area (Å²) in [5, 5.41) is 16.7. The molecule has 1 N–H and O–H groups in total. The number of aryl methyl sites for hydroxylation is 2. The van der Waals surface area contributed by atoms with E-state index in [4.69, 9.17) is 4.52 Å². The van der Waals surface area contributed by atoms with Gasteiger partial charge in [0.15, 0.2) is 10.2 Å². The fourth-order valence-electron chi connectivity index (χ4n) is 2.31. The lowest BCUT2D eigenvalue weighted by molar-refractivity contribution is 0.383. The lowest BCUT2D eigenvalue weighted by Crippen LogP contribution is -1.97. The third kappa shape index (κ3) is 4.38. The number of anilines is 2. The van der Waals surface area contributed by atoms with Gasteiger partial charge in [-0.15, -0.1) is 10.2 Å². The molecule has 0 unspecified atom stereocenters. The molecule has 0 atom stereocenters. The first kappa shape index (κ1) is 17.9. The van der Waals surface area contributed by atoms with Crippen LogP contribution in [0.4, 0.5) is 10.8 Å². The number of nitrogens with one attached hydrogen (secondary N) is 1. The van der Waals surface area contributed by atoms with Crippen molar-refractivity contribution in [3.63, 3.8) is 0 Å². The molecule has 2 aromatic heterocycles. The summed E-state index contributed by atoms with van der Waals surface area (Å²) in [6.45, 7) is 8.33. The van der Waals surface area contributed by atoms with Crippen LogP contribution in [0, 0.1) is 6.92 Å². The van der Waals surface area contributed by atoms with Gasteiger partial charge < -0.3 is 9.84 Å². The number of thioether (sulfide) groups is 1. The van der Waals surface area contributed by atoms with Crippen LogP contribution in [-0.2, 0) is 12.2 Å². The van der Waals surface area contributed by atoms with Gasteiger partial charge in [-0.25, -0.2) is 0 Å². The Morgan fingerprint density at radius 3 is 2.84 bits per heavy atom. The fourth-order valence-corrected chi connectivity index (χ4v) is 3.91. The first-order chi connectivity index (χ1) is 12.1. The highest BCUT2D eigenvalue weighted by Crippen LogP contribution is 2.32. The predicted molar refractivity (Wildman–Crippen MR) is 102 cm³/mol. The number of benzene rings is 1. The third-order valence-electron chi connectivity index (χ3n) is 3.70. The summed E-state index contributed by atoms with van der Waals surface area (Å²) in [5.74, 6) is 2.22. The van der Waals surface area contributed by atoms with Crippen LogP contribution < -0.4 is 5.32 Å². The van der Waals surface area contributed by atoms with Gasteiger partial charge in [-0.3, -0.25) is 0 Å². The Kier molecular flexibility index (Phi) is 5.70. The summed E-state index contributed by atoms with van der Waals surface area (Å²) in [6.07, 6.45) is 0.972. The molecule has 0 saturated heterocycles. The topological polar surface area (TPSA) is 76.7 Å². The van der Waals surface area contributed by atoms with Crippen LogP contribution in [0.1, 0.15) is 49.5 Å². The second-order valence-electron chi connectivity index (χ2n) is 5.95. The van der Waals surface area contributed by atoms with Gasteiger partial charge >= 0.3 is 0 Å². The molecule has 132 valence electrons. The normalized spacial score (nSPS) is 11.2. The maximum absolute atomic E-state index is 5.26. The number of para-hydroxylation sites is 1. The number of hydrogen-bond acceptors (Lipinski definition) is 8. The molecule has 0 amide bonds. The zero-order chi connectivity index (χ0) is 17.8. The average molecular weight is 376 g/mol. The van der Waals surface area contributed by atoms with Gasteiger partial charge in [0.05, 0.1) is 5.75 Å². The molecule has 8 heteroatoms. The van der Waals surface area contributed by atoms with Crippen LogP contribution >= 0.6 is 23.1 Å². The predicted octanol–water partition coefficient (Wildman–Crippen LogP) is 4.95. The van der Waals surface area contributed by atoms with Crippen molar-refractivity contribution >= 4 is 33.9 Å². The largest absolute Gasteiger partial charge is 0.338 e. The molecule has 0 aliphatic rings. The molecule has 2 heterocycles. The Hall–Kier alpha value is -1.93. The molecule has 3 aromatic rings. The van der Waals surface area contributed by atoms with Gasteiger partial charge in [0.25, 0.3) is 0 Å². The average Bonchev–Trinajstić information content (AvgIpc) is 3.24. The van der Waals surface area contributed by atoms with Crippen LogP contribution in [0.15, 0.2) is 27.1 Å². The van der Waals surface area contributed by atoms with E-state index < -0.39 is 0 Å². The zero-order valence-corrected chi connectivity index (χ0v) is 16.4. The fraction of sp³-hybridized carbons (Fsp3) is 0.412. The van der Waals surface area contributed by atoms with Crippen LogP contribution in [0.5, 0.6) is 0 Å². The monoisotopic (exact) mass is 375 g/mol. The first-order valence-corrected chi connectivity index (χ1v) is 10.0. The minimum absolute atomic E-state index is 0.265. The van der Waals surface area contributed by atoms with Crippen LogP contribution in [0.3, 0.4) is 0 Å². The summed E-state index contributed by atoms with van der Waals surface area (Å²) in [4.78, 5) is 4.38. The standard InChI is InChI=1S/C17H21N5OS2/c1-5-12-8-6-7-11(4)14(12)19-16-20-21-17(25-16)24-9-13-18-15(10(2)3)22-23-13/h6-8,10H,5,9H2,1-4H3,(H,19,20). The van der Waals surface area contributed by atoms with Crippen molar-refractivity contribution in [1.82, 2.24) is 20.3 Å². The lowest BCUT2D eigenvalue weighted by atomic mass is 10.1. The molecule has 0 saturated carbocycles. The molecule has 0 spiro atoms. The van der Waals surface area contributed by atoms with E-state index in [1.165, 1.54) is 22.5 Å².